The van der Waals surface area contributed by atoms with Gasteiger partial charge in [0, 0.05) is 30.4 Å². The van der Waals surface area contributed by atoms with Crippen LogP contribution in [0.2, 0.25) is 0 Å². The van der Waals surface area contributed by atoms with Crippen LogP contribution in [0.25, 0.3) is 22.3 Å². The molecule has 2 aromatic heterocycles. The van der Waals surface area contributed by atoms with Crippen molar-refractivity contribution in [2.75, 3.05) is 0 Å². The molecule has 0 unspecified atom stereocenters. The molecule has 2 aliphatic carbocycles. The summed E-state index contributed by atoms with van der Waals surface area (Å²) in [4.78, 5) is 36.9. The number of aromatic amines is 1. The summed E-state index contributed by atoms with van der Waals surface area (Å²) in [5, 5.41) is 0. The van der Waals surface area contributed by atoms with Crippen molar-refractivity contribution in [2.45, 2.75) is 94.8 Å². The first kappa shape index (κ1) is 22.5. The third-order valence-corrected chi connectivity index (χ3v) is 9.76. The third kappa shape index (κ3) is 3.76. The number of nitrogens with one attached hydrogen (secondary N) is 1. The van der Waals surface area contributed by atoms with E-state index in [1.54, 1.807) is 18.3 Å². The summed E-state index contributed by atoms with van der Waals surface area (Å²) >= 11 is 0. The van der Waals surface area contributed by atoms with Crippen LogP contribution in [0, 0.1) is 11.8 Å². The summed E-state index contributed by atoms with van der Waals surface area (Å²) in [5.41, 5.74) is 1.90. The standard InChI is InChI=1S/C30H36N4O2/c35-29-25(10-5-13-31-29)28-30(36)34(27-12-2-1-11-26(27)32-28)24-17-21-8-4-9-22(18-24)33(21)23-15-19-6-3-7-20(14-19)16-23/h1-2,5,10-13,19-24H,3-4,6-9,14-18H2,(H,31,35)/t19-,20+,21-,22+,23+,24+. The normalized spacial score (nSPS) is 32.4. The molecule has 7 rings (SSSR count). The Bertz CT molecular complexity index is 1370. The van der Waals surface area contributed by atoms with E-state index in [0.29, 0.717) is 17.6 Å². The maximum Gasteiger partial charge on any atom is 0.278 e. The minimum Gasteiger partial charge on any atom is -0.329 e. The van der Waals surface area contributed by atoms with Crippen molar-refractivity contribution in [1.82, 2.24) is 19.4 Å². The van der Waals surface area contributed by atoms with Crippen LogP contribution < -0.4 is 11.1 Å². The average molecular weight is 485 g/mol. The zero-order valence-corrected chi connectivity index (χ0v) is 20.9. The number of aromatic nitrogens is 3. The summed E-state index contributed by atoms with van der Waals surface area (Å²) in [6.45, 7) is 0. The van der Waals surface area contributed by atoms with Crippen molar-refractivity contribution in [1.29, 1.82) is 0 Å². The molecule has 2 aliphatic heterocycles. The molecule has 188 valence electrons. The van der Waals surface area contributed by atoms with Crippen LogP contribution in [0.1, 0.15) is 76.7 Å². The highest BCUT2D eigenvalue weighted by molar-refractivity contribution is 5.77. The largest absolute Gasteiger partial charge is 0.329 e. The fourth-order valence-electron chi connectivity index (χ4n) is 8.44. The second kappa shape index (κ2) is 8.98. The van der Waals surface area contributed by atoms with Crippen molar-refractivity contribution < 1.29 is 0 Å². The van der Waals surface area contributed by atoms with E-state index in [1.165, 1.54) is 57.8 Å². The van der Waals surface area contributed by atoms with Gasteiger partial charge >= 0.3 is 0 Å². The van der Waals surface area contributed by atoms with Crippen molar-refractivity contribution in [2.24, 2.45) is 11.8 Å². The van der Waals surface area contributed by atoms with Crippen LogP contribution in [0.15, 0.2) is 52.2 Å². The van der Waals surface area contributed by atoms with E-state index in [0.717, 1.165) is 41.8 Å². The molecule has 2 saturated heterocycles. The van der Waals surface area contributed by atoms with Crippen molar-refractivity contribution in [3.8, 4) is 11.3 Å². The van der Waals surface area contributed by atoms with Crippen LogP contribution in [-0.2, 0) is 0 Å². The van der Waals surface area contributed by atoms with E-state index in [2.05, 4.69) is 9.88 Å². The van der Waals surface area contributed by atoms with Crippen LogP contribution in [0.3, 0.4) is 0 Å². The monoisotopic (exact) mass is 484 g/mol. The molecule has 4 bridgehead atoms. The Kier molecular flexibility index (Phi) is 5.61. The molecule has 6 atom stereocenters. The highest BCUT2D eigenvalue weighted by atomic mass is 16.1. The summed E-state index contributed by atoms with van der Waals surface area (Å²) in [6.07, 6.45) is 15.9. The Morgan fingerprint density at radius 3 is 2.22 bits per heavy atom. The Balaban J connectivity index is 1.27. The minimum atomic E-state index is -0.265. The molecule has 4 heterocycles. The number of piperidine rings is 2. The van der Waals surface area contributed by atoms with Gasteiger partial charge in [-0.05, 0) is 81.0 Å². The molecule has 0 radical (unpaired) electrons. The molecular weight excluding hydrogens is 448 g/mol. The zero-order valence-electron chi connectivity index (χ0n) is 20.9. The number of hydrogen-bond acceptors (Lipinski definition) is 4. The Morgan fingerprint density at radius 2 is 1.47 bits per heavy atom. The van der Waals surface area contributed by atoms with Crippen molar-refractivity contribution >= 4 is 11.0 Å². The van der Waals surface area contributed by atoms with Crippen LogP contribution >= 0.6 is 0 Å². The first-order valence-corrected chi connectivity index (χ1v) is 14.1. The highest BCUT2D eigenvalue weighted by Crippen LogP contribution is 2.47. The summed E-state index contributed by atoms with van der Waals surface area (Å²) in [5.74, 6) is 1.86. The van der Waals surface area contributed by atoms with Gasteiger partial charge in [-0.15, -0.1) is 0 Å². The van der Waals surface area contributed by atoms with Gasteiger partial charge in [0.15, 0.2) is 0 Å². The molecule has 36 heavy (non-hydrogen) atoms. The van der Waals surface area contributed by atoms with Crippen LogP contribution in [0.5, 0.6) is 0 Å². The van der Waals surface area contributed by atoms with E-state index in [-0.39, 0.29) is 22.9 Å². The molecule has 6 nitrogen and oxygen atoms in total. The predicted octanol–water partition coefficient (Wildman–Crippen LogP) is 5.28. The minimum absolute atomic E-state index is 0.130. The van der Waals surface area contributed by atoms with E-state index in [9.17, 15) is 9.59 Å². The first-order valence-electron chi connectivity index (χ1n) is 14.1. The van der Waals surface area contributed by atoms with Gasteiger partial charge in [-0.2, -0.15) is 0 Å². The maximum absolute atomic E-state index is 14.0. The fourth-order valence-corrected chi connectivity index (χ4v) is 8.44. The SMILES string of the molecule is O=c1[nH]cccc1-c1nc2ccccc2n([C@H]2C[C@H]3CCC[C@@H](C2)N3[C@H]2C[C@@H]3CCC[C@@H](C3)C2)c1=O. The third-order valence-electron chi connectivity index (χ3n) is 9.76. The summed E-state index contributed by atoms with van der Waals surface area (Å²) < 4.78 is 2.00. The lowest BCUT2D eigenvalue weighted by Crippen LogP contribution is -2.58. The Morgan fingerprint density at radius 1 is 0.750 bits per heavy atom. The summed E-state index contributed by atoms with van der Waals surface area (Å²) in [6, 6.07) is 13.4. The highest BCUT2D eigenvalue weighted by Gasteiger charge is 2.45. The predicted molar refractivity (Wildman–Crippen MR) is 142 cm³/mol. The number of hydrogen-bond donors (Lipinski definition) is 1. The molecule has 1 N–H and O–H groups in total. The van der Waals surface area contributed by atoms with Crippen molar-refractivity contribution in [3.63, 3.8) is 0 Å². The second-order valence-corrected chi connectivity index (χ2v) is 11.9. The molecule has 3 aromatic rings. The number of fused-ring (bicyclic) bond motifs is 5. The smallest absolute Gasteiger partial charge is 0.278 e. The van der Waals surface area contributed by atoms with Gasteiger partial charge < -0.3 is 9.55 Å². The lowest BCUT2D eigenvalue weighted by atomic mass is 9.68. The van der Waals surface area contributed by atoms with Gasteiger partial charge in [0.25, 0.3) is 11.1 Å². The molecule has 0 spiro atoms. The Hall–Kier alpha value is -2.73. The van der Waals surface area contributed by atoms with E-state index in [4.69, 9.17) is 4.98 Å². The lowest BCUT2D eigenvalue weighted by molar-refractivity contribution is -0.0485. The lowest BCUT2D eigenvalue weighted by Gasteiger charge is -2.55. The first-order chi connectivity index (χ1) is 17.7. The number of rotatable bonds is 3. The number of nitrogens with zero attached hydrogens (tertiary/aromatic N) is 3. The molecule has 4 aliphatic rings. The van der Waals surface area contributed by atoms with Gasteiger partial charge in [-0.3, -0.25) is 14.5 Å². The number of H-pyrrole nitrogens is 1. The van der Waals surface area contributed by atoms with Crippen molar-refractivity contribution in [3.05, 3.63) is 63.3 Å². The summed E-state index contributed by atoms with van der Waals surface area (Å²) in [7, 11) is 0. The van der Waals surface area contributed by atoms with Gasteiger partial charge in [0.2, 0.25) is 0 Å². The maximum atomic E-state index is 14.0. The van der Waals surface area contributed by atoms with E-state index >= 15 is 0 Å². The number of pyridine rings is 1. The quantitative estimate of drug-likeness (QED) is 0.549. The molecular formula is C30H36N4O2. The van der Waals surface area contributed by atoms with Crippen LogP contribution in [0.4, 0.5) is 0 Å². The van der Waals surface area contributed by atoms with E-state index < -0.39 is 0 Å². The molecule has 2 saturated carbocycles. The Labute approximate surface area is 211 Å². The second-order valence-electron chi connectivity index (χ2n) is 11.9. The topological polar surface area (TPSA) is 71.0 Å². The molecule has 0 amide bonds. The van der Waals surface area contributed by atoms with Gasteiger partial charge in [-0.25, -0.2) is 4.98 Å². The van der Waals surface area contributed by atoms with Crippen LogP contribution in [-0.4, -0.2) is 37.6 Å². The number of para-hydroxylation sites is 2. The van der Waals surface area contributed by atoms with Gasteiger partial charge in [-0.1, -0.05) is 37.8 Å². The molecule has 4 fully saturated rings. The molecule has 1 aromatic carbocycles. The van der Waals surface area contributed by atoms with E-state index in [1.807, 2.05) is 28.8 Å². The number of benzene rings is 1. The molecule has 6 heteroatoms. The van der Waals surface area contributed by atoms with Gasteiger partial charge in [0.1, 0.15) is 5.69 Å². The van der Waals surface area contributed by atoms with Gasteiger partial charge in [0.05, 0.1) is 16.6 Å². The fraction of sp³-hybridized carbons (Fsp3) is 0.567. The zero-order chi connectivity index (χ0) is 24.2. The average Bonchev–Trinajstić information content (AvgIpc) is 2.88.